The van der Waals surface area contributed by atoms with Crippen molar-refractivity contribution in [3.8, 4) is 11.5 Å². The highest BCUT2D eigenvalue weighted by molar-refractivity contribution is 6.31. The summed E-state index contributed by atoms with van der Waals surface area (Å²) in [5.74, 6) is 0.635. The smallest absolute Gasteiger partial charge is 0.227 e. The van der Waals surface area contributed by atoms with E-state index in [0.29, 0.717) is 5.89 Å². The molecule has 0 aliphatic rings. The standard InChI is InChI=1S/C15H12ClNO/c1-9-3-6-14-13(7-9)17-15(18-14)11-4-5-12(16)10(2)8-11/h3-8H,1-2H3. The number of hydrogen-bond donors (Lipinski definition) is 0. The Kier molecular flexibility index (Phi) is 2.60. The summed E-state index contributed by atoms with van der Waals surface area (Å²) in [4.78, 5) is 4.50. The molecule has 2 nitrogen and oxygen atoms in total. The summed E-state index contributed by atoms with van der Waals surface area (Å²) < 4.78 is 5.75. The largest absolute Gasteiger partial charge is 0.436 e. The molecule has 0 atom stereocenters. The van der Waals surface area contributed by atoms with Crippen LogP contribution in [0.15, 0.2) is 40.8 Å². The van der Waals surface area contributed by atoms with Crippen LogP contribution in [0.4, 0.5) is 0 Å². The molecule has 3 rings (SSSR count). The van der Waals surface area contributed by atoms with Crippen molar-refractivity contribution in [2.75, 3.05) is 0 Å². The van der Waals surface area contributed by atoms with Crippen LogP contribution in [0.1, 0.15) is 11.1 Å². The monoisotopic (exact) mass is 257 g/mol. The molecule has 0 fully saturated rings. The number of halogens is 1. The third-order valence-electron chi connectivity index (χ3n) is 2.95. The molecule has 0 amide bonds. The van der Waals surface area contributed by atoms with Gasteiger partial charge in [-0.3, -0.25) is 0 Å². The van der Waals surface area contributed by atoms with Gasteiger partial charge in [0.1, 0.15) is 5.52 Å². The van der Waals surface area contributed by atoms with Crippen LogP contribution in [0.3, 0.4) is 0 Å². The number of nitrogens with zero attached hydrogens (tertiary/aromatic N) is 1. The van der Waals surface area contributed by atoms with Crippen LogP contribution in [0.5, 0.6) is 0 Å². The second-order valence-electron chi connectivity index (χ2n) is 4.45. The molecule has 0 aliphatic carbocycles. The Hall–Kier alpha value is -1.80. The van der Waals surface area contributed by atoms with E-state index in [2.05, 4.69) is 4.98 Å². The van der Waals surface area contributed by atoms with Crippen LogP contribution in [0.25, 0.3) is 22.6 Å². The number of aryl methyl sites for hydroxylation is 2. The molecule has 0 unspecified atom stereocenters. The van der Waals surface area contributed by atoms with Crippen LogP contribution in [0.2, 0.25) is 5.02 Å². The molecule has 0 aliphatic heterocycles. The first-order valence-corrected chi connectivity index (χ1v) is 6.15. The zero-order chi connectivity index (χ0) is 12.7. The summed E-state index contributed by atoms with van der Waals surface area (Å²) in [5, 5.41) is 0.755. The van der Waals surface area contributed by atoms with Gasteiger partial charge in [-0.1, -0.05) is 17.7 Å². The maximum Gasteiger partial charge on any atom is 0.227 e. The molecule has 0 saturated heterocycles. The van der Waals surface area contributed by atoms with Crippen molar-refractivity contribution < 1.29 is 4.42 Å². The fraction of sp³-hybridized carbons (Fsp3) is 0.133. The highest BCUT2D eigenvalue weighted by Gasteiger charge is 2.09. The molecular weight excluding hydrogens is 246 g/mol. The van der Waals surface area contributed by atoms with E-state index in [1.807, 2.05) is 50.2 Å². The van der Waals surface area contributed by atoms with E-state index in [1.54, 1.807) is 0 Å². The Labute approximate surface area is 110 Å². The summed E-state index contributed by atoms with van der Waals surface area (Å²) in [6.45, 7) is 4.01. The minimum atomic E-state index is 0.635. The van der Waals surface area contributed by atoms with Crippen molar-refractivity contribution in [2.24, 2.45) is 0 Å². The molecular formula is C15H12ClNO. The first-order chi connectivity index (χ1) is 8.63. The van der Waals surface area contributed by atoms with E-state index >= 15 is 0 Å². The minimum absolute atomic E-state index is 0.635. The molecule has 0 radical (unpaired) electrons. The molecule has 0 spiro atoms. The topological polar surface area (TPSA) is 26.0 Å². The van der Waals surface area contributed by atoms with Gasteiger partial charge >= 0.3 is 0 Å². The van der Waals surface area contributed by atoms with Crippen LogP contribution < -0.4 is 0 Å². The first-order valence-electron chi connectivity index (χ1n) is 5.77. The van der Waals surface area contributed by atoms with Crippen molar-refractivity contribution in [1.29, 1.82) is 0 Å². The molecule has 18 heavy (non-hydrogen) atoms. The van der Waals surface area contributed by atoms with Crippen LogP contribution >= 0.6 is 11.6 Å². The van der Waals surface area contributed by atoms with E-state index in [-0.39, 0.29) is 0 Å². The summed E-state index contributed by atoms with van der Waals surface area (Å²) in [7, 11) is 0. The fourth-order valence-electron chi connectivity index (χ4n) is 1.94. The fourth-order valence-corrected chi connectivity index (χ4v) is 2.06. The van der Waals surface area contributed by atoms with Crippen LogP contribution in [-0.4, -0.2) is 4.98 Å². The number of fused-ring (bicyclic) bond motifs is 1. The van der Waals surface area contributed by atoms with Crippen molar-refractivity contribution in [3.63, 3.8) is 0 Å². The number of aromatic nitrogens is 1. The summed E-state index contributed by atoms with van der Waals surface area (Å²) in [6, 6.07) is 11.8. The maximum atomic E-state index is 6.02. The van der Waals surface area contributed by atoms with Gasteiger partial charge in [0, 0.05) is 10.6 Å². The number of hydrogen-bond acceptors (Lipinski definition) is 2. The molecule has 90 valence electrons. The molecule has 0 bridgehead atoms. The van der Waals surface area contributed by atoms with Crippen molar-refractivity contribution in [1.82, 2.24) is 4.98 Å². The highest BCUT2D eigenvalue weighted by atomic mass is 35.5. The highest BCUT2D eigenvalue weighted by Crippen LogP contribution is 2.27. The number of benzene rings is 2. The van der Waals surface area contributed by atoms with E-state index in [1.165, 1.54) is 5.56 Å². The normalized spacial score (nSPS) is 11.1. The Balaban J connectivity index is 2.16. The van der Waals surface area contributed by atoms with Gasteiger partial charge in [0.25, 0.3) is 0 Å². The lowest BCUT2D eigenvalue weighted by Crippen LogP contribution is -1.80. The van der Waals surface area contributed by atoms with Gasteiger partial charge in [0.05, 0.1) is 0 Å². The van der Waals surface area contributed by atoms with Crippen molar-refractivity contribution >= 4 is 22.7 Å². The quantitative estimate of drug-likeness (QED) is 0.628. The van der Waals surface area contributed by atoms with Gasteiger partial charge in [-0.2, -0.15) is 0 Å². The predicted molar refractivity (Wildman–Crippen MR) is 73.9 cm³/mol. The Bertz CT molecular complexity index is 730. The third kappa shape index (κ3) is 1.89. The SMILES string of the molecule is Cc1ccc2oc(-c3ccc(Cl)c(C)c3)nc2c1. The van der Waals surface area contributed by atoms with Gasteiger partial charge in [-0.15, -0.1) is 0 Å². The van der Waals surface area contributed by atoms with Gasteiger partial charge in [0.2, 0.25) is 5.89 Å². The molecule has 1 aromatic heterocycles. The predicted octanol–water partition coefficient (Wildman–Crippen LogP) is 4.77. The maximum absolute atomic E-state index is 6.02. The molecule has 3 aromatic rings. The van der Waals surface area contributed by atoms with Crippen LogP contribution in [-0.2, 0) is 0 Å². The lowest BCUT2D eigenvalue weighted by Gasteiger charge is -1.99. The van der Waals surface area contributed by atoms with E-state index in [0.717, 1.165) is 27.2 Å². The molecule has 1 heterocycles. The lowest BCUT2D eigenvalue weighted by atomic mass is 10.1. The number of oxazole rings is 1. The van der Waals surface area contributed by atoms with Gasteiger partial charge in [-0.05, 0) is 55.3 Å². The van der Waals surface area contributed by atoms with Crippen molar-refractivity contribution in [3.05, 3.63) is 52.5 Å². The van der Waals surface area contributed by atoms with E-state index in [9.17, 15) is 0 Å². The first kappa shape index (κ1) is 11.3. The second kappa shape index (κ2) is 4.14. The van der Waals surface area contributed by atoms with Gasteiger partial charge in [0.15, 0.2) is 5.58 Å². The molecule has 3 heteroatoms. The summed E-state index contributed by atoms with van der Waals surface area (Å²) in [5.41, 5.74) is 4.84. The third-order valence-corrected chi connectivity index (χ3v) is 3.37. The minimum Gasteiger partial charge on any atom is -0.436 e. The van der Waals surface area contributed by atoms with E-state index in [4.69, 9.17) is 16.0 Å². The average molecular weight is 258 g/mol. The number of rotatable bonds is 1. The average Bonchev–Trinajstić information content (AvgIpc) is 2.75. The Morgan fingerprint density at radius 1 is 1.06 bits per heavy atom. The van der Waals surface area contributed by atoms with Crippen LogP contribution in [0, 0.1) is 13.8 Å². The Morgan fingerprint density at radius 2 is 1.89 bits per heavy atom. The summed E-state index contributed by atoms with van der Waals surface area (Å²) >= 11 is 6.02. The second-order valence-corrected chi connectivity index (χ2v) is 4.86. The molecule has 0 saturated carbocycles. The zero-order valence-electron chi connectivity index (χ0n) is 10.2. The Morgan fingerprint density at radius 3 is 2.67 bits per heavy atom. The van der Waals surface area contributed by atoms with E-state index < -0.39 is 0 Å². The van der Waals surface area contributed by atoms with Gasteiger partial charge < -0.3 is 4.42 Å². The molecule has 2 aromatic carbocycles. The van der Waals surface area contributed by atoms with Gasteiger partial charge in [-0.25, -0.2) is 4.98 Å². The summed E-state index contributed by atoms with van der Waals surface area (Å²) in [6.07, 6.45) is 0. The zero-order valence-corrected chi connectivity index (χ0v) is 11.0. The molecule has 0 N–H and O–H groups in total. The lowest BCUT2D eigenvalue weighted by molar-refractivity contribution is 0.620. The van der Waals surface area contributed by atoms with Crippen molar-refractivity contribution in [2.45, 2.75) is 13.8 Å².